The molecule has 2 aromatic rings. The molecule has 0 aliphatic rings. The molecule has 3 nitrogen and oxygen atoms in total. The van der Waals surface area contributed by atoms with Gasteiger partial charge >= 0.3 is 0 Å². The van der Waals surface area contributed by atoms with Gasteiger partial charge in [-0.15, -0.1) is 0 Å². The number of aryl methyl sites for hydroxylation is 1. The summed E-state index contributed by atoms with van der Waals surface area (Å²) in [5, 5.41) is 9.00. The van der Waals surface area contributed by atoms with Crippen LogP contribution in [-0.4, -0.2) is 9.55 Å². The van der Waals surface area contributed by atoms with Crippen LogP contribution >= 0.6 is 0 Å². The highest BCUT2D eigenvalue weighted by atomic mass is 15.1. The van der Waals surface area contributed by atoms with Crippen molar-refractivity contribution in [1.29, 1.82) is 5.26 Å². The van der Waals surface area contributed by atoms with Gasteiger partial charge in [-0.1, -0.05) is 27.7 Å². The Balaban J connectivity index is 2.69. The van der Waals surface area contributed by atoms with Crippen molar-refractivity contribution in [2.45, 2.75) is 52.5 Å². The van der Waals surface area contributed by atoms with E-state index in [4.69, 9.17) is 10.2 Å². The lowest BCUT2D eigenvalue weighted by atomic mass is 9.89. The topological polar surface area (TPSA) is 41.6 Å². The van der Waals surface area contributed by atoms with Gasteiger partial charge in [0.2, 0.25) is 0 Å². The molecule has 3 heteroatoms. The average Bonchev–Trinajstić information content (AvgIpc) is 2.78. The van der Waals surface area contributed by atoms with Crippen molar-refractivity contribution in [2.75, 3.05) is 0 Å². The third-order valence-corrected chi connectivity index (χ3v) is 3.81. The van der Waals surface area contributed by atoms with Crippen LogP contribution in [0.15, 0.2) is 18.2 Å². The normalized spacial score (nSPS) is 11.7. The van der Waals surface area contributed by atoms with E-state index >= 15 is 0 Å². The standard InChI is InChI=1S/C16H21N3/c1-5-9-19-14-8-7-12(11-17)10-13(14)18-15(19)16(3,4)6-2/h7-8,10H,5-6,9H2,1-4H3. The van der Waals surface area contributed by atoms with Crippen molar-refractivity contribution in [3.05, 3.63) is 29.6 Å². The lowest BCUT2D eigenvalue weighted by Crippen LogP contribution is -2.22. The molecule has 0 amide bonds. The predicted molar refractivity (Wildman–Crippen MR) is 78.1 cm³/mol. The molecule has 2 rings (SSSR count). The molecule has 1 aromatic carbocycles. The van der Waals surface area contributed by atoms with E-state index in [1.54, 1.807) is 0 Å². The number of nitriles is 1. The zero-order chi connectivity index (χ0) is 14.0. The Morgan fingerprint density at radius 2 is 2.05 bits per heavy atom. The zero-order valence-corrected chi connectivity index (χ0v) is 12.2. The number of rotatable bonds is 4. The van der Waals surface area contributed by atoms with Crippen LogP contribution in [0.5, 0.6) is 0 Å². The molecule has 0 spiro atoms. The fourth-order valence-electron chi connectivity index (χ4n) is 2.32. The number of imidazole rings is 1. The van der Waals surface area contributed by atoms with E-state index in [1.165, 1.54) is 0 Å². The number of hydrogen-bond donors (Lipinski definition) is 0. The van der Waals surface area contributed by atoms with Crippen molar-refractivity contribution in [3.63, 3.8) is 0 Å². The maximum Gasteiger partial charge on any atom is 0.115 e. The summed E-state index contributed by atoms with van der Waals surface area (Å²) >= 11 is 0. The average molecular weight is 255 g/mol. The van der Waals surface area contributed by atoms with Gasteiger partial charge in [0.05, 0.1) is 22.7 Å². The van der Waals surface area contributed by atoms with Crippen LogP contribution in [0.25, 0.3) is 11.0 Å². The Labute approximate surface area is 114 Å². The quantitative estimate of drug-likeness (QED) is 0.828. The first-order valence-electron chi connectivity index (χ1n) is 6.94. The number of benzene rings is 1. The molecule has 0 fully saturated rings. The minimum absolute atomic E-state index is 0.0565. The summed E-state index contributed by atoms with van der Waals surface area (Å²) in [6.07, 6.45) is 2.13. The molecule has 0 unspecified atom stereocenters. The lowest BCUT2D eigenvalue weighted by Gasteiger charge is -2.23. The summed E-state index contributed by atoms with van der Waals surface area (Å²) in [5.74, 6) is 1.13. The monoisotopic (exact) mass is 255 g/mol. The Kier molecular flexibility index (Phi) is 3.61. The fraction of sp³-hybridized carbons (Fsp3) is 0.500. The van der Waals surface area contributed by atoms with E-state index in [9.17, 15) is 0 Å². The van der Waals surface area contributed by atoms with Gasteiger partial charge in [0.1, 0.15) is 5.82 Å². The highest BCUT2D eigenvalue weighted by molar-refractivity contribution is 5.78. The van der Waals surface area contributed by atoms with Gasteiger partial charge in [-0.05, 0) is 31.0 Å². The van der Waals surface area contributed by atoms with E-state index in [-0.39, 0.29) is 5.41 Å². The Bertz CT molecular complexity index is 629. The first-order valence-corrected chi connectivity index (χ1v) is 6.94. The predicted octanol–water partition coefficient (Wildman–Crippen LogP) is 4.01. The second-order valence-electron chi connectivity index (χ2n) is 5.64. The van der Waals surface area contributed by atoms with Crippen LogP contribution in [0, 0.1) is 11.3 Å². The first kappa shape index (κ1) is 13.6. The molecule has 0 aliphatic heterocycles. The van der Waals surface area contributed by atoms with E-state index in [0.29, 0.717) is 5.56 Å². The molecule has 1 aromatic heterocycles. The largest absolute Gasteiger partial charge is 0.328 e. The Morgan fingerprint density at radius 1 is 1.32 bits per heavy atom. The molecule has 100 valence electrons. The maximum absolute atomic E-state index is 9.00. The summed E-state index contributed by atoms with van der Waals surface area (Å²) in [4.78, 5) is 4.79. The van der Waals surface area contributed by atoms with Crippen molar-refractivity contribution < 1.29 is 0 Å². The third-order valence-electron chi connectivity index (χ3n) is 3.81. The van der Waals surface area contributed by atoms with Crippen molar-refractivity contribution in [1.82, 2.24) is 9.55 Å². The molecular formula is C16H21N3. The number of aromatic nitrogens is 2. The molecule has 0 saturated carbocycles. The zero-order valence-electron chi connectivity index (χ0n) is 12.2. The second kappa shape index (κ2) is 5.05. The van der Waals surface area contributed by atoms with E-state index < -0.39 is 0 Å². The Hall–Kier alpha value is -1.82. The van der Waals surface area contributed by atoms with Crippen LogP contribution in [0.4, 0.5) is 0 Å². The summed E-state index contributed by atoms with van der Waals surface area (Å²) in [6.45, 7) is 9.80. The van der Waals surface area contributed by atoms with Crippen LogP contribution < -0.4 is 0 Å². The molecule has 0 bridgehead atoms. The van der Waals surface area contributed by atoms with Gasteiger partial charge in [0.15, 0.2) is 0 Å². The summed E-state index contributed by atoms with van der Waals surface area (Å²) < 4.78 is 2.31. The van der Waals surface area contributed by atoms with Crippen LogP contribution in [0.2, 0.25) is 0 Å². The highest BCUT2D eigenvalue weighted by Crippen LogP contribution is 2.30. The molecule has 0 radical (unpaired) electrons. The van der Waals surface area contributed by atoms with E-state index in [2.05, 4.69) is 38.3 Å². The van der Waals surface area contributed by atoms with Crippen LogP contribution in [-0.2, 0) is 12.0 Å². The lowest BCUT2D eigenvalue weighted by molar-refractivity contribution is 0.445. The van der Waals surface area contributed by atoms with Crippen LogP contribution in [0.3, 0.4) is 0 Å². The highest BCUT2D eigenvalue weighted by Gasteiger charge is 2.25. The smallest absolute Gasteiger partial charge is 0.115 e. The summed E-state index contributed by atoms with van der Waals surface area (Å²) in [7, 11) is 0. The molecule has 19 heavy (non-hydrogen) atoms. The minimum Gasteiger partial charge on any atom is -0.328 e. The van der Waals surface area contributed by atoms with E-state index in [0.717, 1.165) is 36.2 Å². The van der Waals surface area contributed by atoms with Gasteiger partial charge in [0, 0.05) is 12.0 Å². The molecular weight excluding hydrogens is 234 g/mol. The molecule has 0 N–H and O–H groups in total. The number of nitrogens with zero attached hydrogens (tertiary/aromatic N) is 3. The number of fused-ring (bicyclic) bond motifs is 1. The van der Waals surface area contributed by atoms with Crippen LogP contribution in [0.1, 0.15) is 51.9 Å². The molecule has 0 aliphatic carbocycles. The molecule has 0 saturated heterocycles. The third kappa shape index (κ3) is 2.35. The SMILES string of the molecule is CCCn1c(C(C)(C)CC)nc2cc(C#N)ccc21. The van der Waals surface area contributed by atoms with Gasteiger partial charge in [-0.3, -0.25) is 0 Å². The van der Waals surface area contributed by atoms with E-state index in [1.807, 2.05) is 18.2 Å². The van der Waals surface area contributed by atoms with Gasteiger partial charge in [-0.2, -0.15) is 5.26 Å². The number of hydrogen-bond acceptors (Lipinski definition) is 2. The maximum atomic E-state index is 9.00. The van der Waals surface area contributed by atoms with Gasteiger partial charge < -0.3 is 4.57 Å². The first-order chi connectivity index (χ1) is 9.03. The Morgan fingerprint density at radius 3 is 2.63 bits per heavy atom. The van der Waals surface area contributed by atoms with Crippen molar-refractivity contribution >= 4 is 11.0 Å². The van der Waals surface area contributed by atoms with Crippen molar-refractivity contribution in [2.24, 2.45) is 0 Å². The fourth-order valence-corrected chi connectivity index (χ4v) is 2.32. The van der Waals surface area contributed by atoms with Gasteiger partial charge in [-0.25, -0.2) is 4.98 Å². The van der Waals surface area contributed by atoms with Crippen molar-refractivity contribution in [3.8, 4) is 6.07 Å². The summed E-state index contributed by atoms with van der Waals surface area (Å²) in [5.41, 5.74) is 2.80. The minimum atomic E-state index is 0.0565. The summed E-state index contributed by atoms with van der Waals surface area (Å²) in [6, 6.07) is 7.96. The second-order valence-corrected chi connectivity index (χ2v) is 5.64. The molecule has 0 atom stereocenters. The van der Waals surface area contributed by atoms with Gasteiger partial charge in [0.25, 0.3) is 0 Å². The molecule has 1 heterocycles.